The normalized spacial score (nSPS) is 15.2. The van der Waals surface area contributed by atoms with Gasteiger partial charge in [0.05, 0.1) is 0 Å². The molecule has 0 bridgehead atoms. The number of alkyl halides is 4. The molecule has 0 aliphatic rings. The molecule has 1 unspecified atom stereocenters. The molecule has 0 heterocycles. The van der Waals surface area contributed by atoms with Crippen molar-refractivity contribution >= 4 is 15.9 Å². The molecule has 0 saturated heterocycles. The molecular weight excluding hydrogens is 285 g/mol. The Kier molecular flexibility index (Phi) is 6.94. The Morgan fingerprint density at radius 3 is 2.25 bits per heavy atom. The minimum absolute atomic E-state index is 0.143. The molecule has 5 heteroatoms. The summed E-state index contributed by atoms with van der Waals surface area (Å²) in [7, 11) is 0. The van der Waals surface area contributed by atoms with Crippen LogP contribution in [0.4, 0.5) is 13.2 Å². The third kappa shape index (κ3) is 10.7. The topological polar surface area (TPSA) is 9.23 Å². The van der Waals surface area contributed by atoms with Crippen LogP contribution in [0.1, 0.15) is 40.0 Å². The maximum Gasteiger partial charge on any atom is 0.411 e. The first-order valence-corrected chi connectivity index (χ1v) is 6.32. The monoisotopic (exact) mass is 304 g/mol. The van der Waals surface area contributed by atoms with Gasteiger partial charge in [0.2, 0.25) is 0 Å². The molecule has 98 valence electrons. The van der Waals surface area contributed by atoms with Gasteiger partial charge in [0.15, 0.2) is 0 Å². The van der Waals surface area contributed by atoms with E-state index >= 15 is 0 Å². The number of halogens is 4. The van der Waals surface area contributed by atoms with Gasteiger partial charge in [-0.3, -0.25) is 0 Å². The second kappa shape index (κ2) is 6.84. The lowest BCUT2D eigenvalue weighted by Crippen LogP contribution is -2.19. The molecule has 1 nitrogen and oxygen atoms in total. The molecular formula is C11H20BrF3O. The van der Waals surface area contributed by atoms with Crippen molar-refractivity contribution in [2.75, 3.05) is 13.2 Å². The molecule has 0 aliphatic heterocycles. The first kappa shape index (κ1) is 16.2. The third-order valence-electron chi connectivity index (χ3n) is 2.24. The summed E-state index contributed by atoms with van der Waals surface area (Å²) in [5.74, 6) is 0. The Balaban J connectivity index is 3.58. The zero-order chi connectivity index (χ0) is 12.8. The van der Waals surface area contributed by atoms with Gasteiger partial charge < -0.3 is 4.74 Å². The summed E-state index contributed by atoms with van der Waals surface area (Å²) in [6.45, 7) is 5.35. The van der Waals surface area contributed by atoms with Crippen molar-refractivity contribution in [3.05, 3.63) is 0 Å². The van der Waals surface area contributed by atoms with Gasteiger partial charge in [-0.1, -0.05) is 36.7 Å². The average molecular weight is 305 g/mol. The Morgan fingerprint density at radius 2 is 1.81 bits per heavy atom. The highest BCUT2D eigenvalue weighted by molar-refractivity contribution is 9.09. The van der Waals surface area contributed by atoms with E-state index < -0.39 is 12.8 Å². The molecule has 0 aromatic carbocycles. The highest BCUT2D eigenvalue weighted by Crippen LogP contribution is 2.30. The van der Waals surface area contributed by atoms with E-state index in [0.717, 1.165) is 12.8 Å². The van der Waals surface area contributed by atoms with Crippen LogP contribution in [-0.2, 0) is 4.74 Å². The first-order valence-electron chi connectivity index (χ1n) is 5.41. The summed E-state index contributed by atoms with van der Waals surface area (Å²) < 4.78 is 39.8. The quantitative estimate of drug-likeness (QED) is 0.495. The lowest BCUT2D eigenvalue weighted by Gasteiger charge is -2.25. The van der Waals surface area contributed by atoms with Crippen LogP contribution < -0.4 is 0 Å². The Labute approximate surface area is 104 Å². The molecule has 0 fully saturated rings. The van der Waals surface area contributed by atoms with Gasteiger partial charge in [-0.2, -0.15) is 13.2 Å². The van der Waals surface area contributed by atoms with Gasteiger partial charge in [-0.05, 0) is 24.7 Å². The van der Waals surface area contributed by atoms with Gasteiger partial charge in [-0.25, -0.2) is 0 Å². The second-order valence-corrected chi connectivity index (χ2v) is 6.48. The number of hydrogen-bond acceptors (Lipinski definition) is 1. The molecule has 0 aliphatic carbocycles. The van der Waals surface area contributed by atoms with E-state index in [2.05, 4.69) is 41.4 Å². The third-order valence-corrected chi connectivity index (χ3v) is 2.57. The van der Waals surface area contributed by atoms with E-state index in [1.54, 1.807) is 0 Å². The standard InChI is InChI=1S/C11H20BrF3O/c1-9(12)7-10(2,3)5-4-6-16-8-11(13,14)15/h9H,4-8H2,1-3H3. The summed E-state index contributed by atoms with van der Waals surface area (Å²) in [5.41, 5.74) is 0.143. The zero-order valence-electron chi connectivity index (χ0n) is 10.0. The summed E-state index contributed by atoms with van der Waals surface area (Å²) in [4.78, 5) is 0.429. The summed E-state index contributed by atoms with van der Waals surface area (Å²) in [5, 5.41) is 0. The van der Waals surface area contributed by atoms with E-state index in [1.807, 2.05) is 0 Å². The maximum absolute atomic E-state index is 11.8. The molecule has 16 heavy (non-hydrogen) atoms. The highest BCUT2D eigenvalue weighted by atomic mass is 79.9. The van der Waals surface area contributed by atoms with Crippen LogP contribution in [0.15, 0.2) is 0 Å². The highest BCUT2D eigenvalue weighted by Gasteiger charge is 2.27. The van der Waals surface area contributed by atoms with Gasteiger partial charge in [0.25, 0.3) is 0 Å². The van der Waals surface area contributed by atoms with E-state index in [4.69, 9.17) is 0 Å². The van der Waals surface area contributed by atoms with E-state index in [-0.39, 0.29) is 12.0 Å². The van der Waals surface area contributed by atoms with E-state index in [1.165, 1.54) is 0 Å². The SMILES string of the molecule is CC(Br)CC(C)(C)CCCOCC(F)(F)F. The number of ether oxygens (including phenoxy) is 1. The largest absolute Gasteiger partial charge is 0.411 e. The lowest BCUT2D eigenvalue weighted by molar-refractivity contribution is -0.174. The minimum Gasteiger partial charge on any atom is -0.372 e. The van der Waals surface area contributed by atoms with Crippen molar-refractivity contribution < 1.29 is 17.9 Å². The molecule has 0 spiro atoms. The minimum atomic E-state index is -4.21. The Bertz CT molecular complexity index is 190. The first-order chi connectivity index (χ1) is 7.12. The molecule has 0 amide bonds. The Morgan fingerprint density at radius 1 is 1.25 bits per heavy atom. The predicted molar refractivity (Wildman–Crippen MR) is 62.9 cm³/mol. The van der Waals surface area contributed by atoms with Crippen LogP contribution in [0.5, 0.6) is 0 Å². The number of rotatable bonds is 7. The molecule has 1 atom stereocenters. The van der Waals surface area contributed by atoms with Crippen molar-refractivity contribution in [3.63, 3.8) is 0 Å². The fraction of sp³-hybridized carbons (Fsp3) is 1.00. The molecule has 0 aromatic heterocycles. The van der Waals surface area contributed by atoms with Crippen molar-refractivity contribution in [1.82, 2.24) is 0 Å². The maximum atomic E-state index is 11.8. The smallest absolute Gasteiger partial charge is 0.372 e. The fourth-order valence-corrected chi connectivity index (χ4v) is 2.58. The molecule has 0 radical (unpaired) electrons. The zero-order valence-corrected chi connectivity index (χ0v) is 11.6. The van der Waals surface area contributed by atoms with Gasteiger partial charge in [0, 0.05) is 11.4 Å². The fourth-order valence-electron chi connectivity index (χ4n) is 1.70. The molecule has 0 saturated carbocycles. The Hall–Kier alpha value is 0.230. The predicted octanol–water partition coefficient (Wildman–Crippen LogP) is 4.55. The van der Waals surface area contributed by atoms with E-state index in [0.29, 0.717) is 11.2 Å². The van der Waals surface area contributed by atoms with Crippen molar-refractivity contribution in [2.24, 2.45) is 5.41 Å². The molecule has 0 rings (SSSR count). The number of hydrogen-bond donors (Lipinski definition) is 0. The second-order valence-electron chi connectivity index (χ2n) is 4.92. The lowest BCUT2D eigenvalue weighted by atomic mass is 9.83. The van der Waals surface area contributed by atoms with Gasteiger partial charge >= 0.3 is 6.18 Å². The van der Waals surface area contributed by atoms with Crippen LogP contribution in [0.2, 0.25) is 0 Å². The van der Waals surface area contributed by atoms with E-state index in [9.17, 15) is 13.2 Å². The van der Waals surface area contributed by atoms with Crippen LogP contribution in [0.25, 0.3) is 0 Å². The summed E-state index contributed by atoms with van der Waals surface area (Å²) in [6, 6.07) is 0. The summed E-state index contributed by atoms with van der Waals surface area (Å²) >= 11 is 3.48. The molecule has 0 aromatic rings. The van der Waals surface area contributed by atoms with Gasteiger partial charge in [0.1, 0.15) is 6.61 Å². The van der Waals surface area contributed by atoms with Crippen LogP contribution in [0.3, 0.4) is 0 Å². The van der Waals surface area contributed by atoms with Crippen molar-refractivity contribution in [2.45, 2.75) is 51.0 Å². The molecule has 0 N–H and O–H groups in total. The summed E-state index contributed by atoms with van der Waals surface area (Å²) in [6.07, 6.45) is -1.66. The van der Waals surface area contributed by atoms with Crippen LogP contribution in [-0.4, -0.2) is 24.2 Å². The van der Waals surface area contributed by atoms with Crippen molar-refractivity contribution in [3.8, 4) is 0 Å². The van der Waals surface area contributed by atoms with Crippen molar-refractivity contribution in [1.29, 1.82) is 0 Å². The average Bonchev–Trinajstić information content (AvgIpc) is 1.98. The van der Waals surface area contributed by atoms with Crippen LogP contribution >= 0.6 is 15.9 Å². The van der Waals surface area contributed by atoms with Crippen LogP contribution in [0, 0.1) is 5.41 Å². The van der Waals surface area contributed by atoms with Gasteiger partial charge in [-0.15, -0.1) is 0 Å².